The van der Waals surface area contributed by atoms with Gasteiger partial charge in [0.25, 0.3) is 11.5 Å². The number of aromatic nitrogens is 1. The molecule has 4 aromatic rings. The summed E-state index contributed by atoms with van der Waals surface area (Å²) in [7, 11) is 0. The number of pyridine rings is 1. The lowest BCUT2D eigenvalue weighted by molar-refractivity contribution is -0.116. The van der Waals surface area contributed by atoms with Crippen molar-refractivity contribution in [3.05, 3.63) is 111 Å². The third kappa shape index (κ3) is 5.10. The van der Waals surface area contributed by atoms with Crippen LogP contribution in [0.3, 0.4) is 0 Å². The number of anilines is 1. The molecule has 166 valence electrons. The van der Waals surface area contributed by atoms with E-state index in [-0.39, 0.29) is 23.0 Å². The van der Waals surface area contributed by atoms with Crippen LogP contribution in [0, 0.1) is 5.82 Å². The summed E-state index contributed by atoms with van der Waals surface area (Å²) >= 11 is 5.75. The zero-order valence-corrected chi connectivity index (χ0v) is 18.1. The van der Waals surface area contributed by atoms with Gasteiger partial charge in [-0.05, 0) is 29.8 Å². The number of rotatable bonds is 6. The Morgan fingerprint density at radius 1 is 0.939 bits per heavy atom. The number of fused-ring (bicyclic) bond motifs is 1. The summed E-state index contributed by atoms with van der Waals surface area (Å²) in [5.41, 5.74) is 1.42. The maximum Gasteiger partial charge on any atom is 0.252 e. The lowest BCUT2D eigenvalue weighted by atomic mass is 10.1. The summed E-state index contributed by atoms with van der Waals surface area (Å²) in [6.45, 7) is 0.0278. The molecule has 4 rings (SSSR count). The van der Waals surface area contributed by atoms with E-state index in [4.69, 9.17) is 11.6 Å². The third-order valence-corrected chi connectivity index (χ3v) is 5.35. The molecule has 0 aliphatic heterocycles. The second kappa shape index (κ2) is 9.67. The van der Waals surface area contributed by atoms with Crippen LogP contribution in [0.2, 0.25) is 5.02 Å². The maximum atomic E-state index is 13.3. The Balaban J connectivity index is 1.59. The molecule has 0 radical (unpaired) electrons. The van der Waals surface area contributed by atoms with Gasteiger partial charge in [0, 0.05) is 23.7 Å². The van der Waals surface area contributed by atoms with Crippen molar-refractivity contribution in [2.24, 2.45) is 0 Å². The molecule has 8 heteroatoms. The van der Waals surface area contributed by atoms with Gasteiger partial charge in [-0.1, -0.05) is 60.1 Å². The van der Waals surface area contributed by atoms with Crippen molar-refractivity contribution >= 4 is 40.0 Å². The van der Waals surface area contributed by atoms with E-state index in [2.05, 4.69) is 10.6 Å². The number of amides is 2. The molecule has 6 nitrogen and oxygen atoms in total. The predicted octanol–water partition coefficient (Wildman–Crippen LogP) is 4.36. The van der Waals surface area contributed by atoms with Gasteiger partial charge < -0.3 is 10.6 Å². The van der Waals surface area contributed by atoms with Crippen molar-refractivity contribution in [2.75, 3.05) is 5.32 Å². The van der Waals surface area contributed by atoms with E-state index in [9.17, 15) is 18.8 Å². The Labute approximate surface area is 193 Å². The molecular weight excluding hydrogens is 445 g/mol. The van der Waals surface area contributed by atoms with E-state index in [0.717, 1.165) is 11.6 Å². The van der Waals surface area contributed by atoms with Gasteiger partial charge in [-0.3, -0.25) is 19.0 Å². The molecule has 0 atom stereocenters. The topological polar surface area (TPSA) is 80.2 Å². The largest absolute Gasteiger partial charge is 0.348 e. The summed E-state index contributed by atoms with van der Waals surface area (Å²) in [4.78, 5) is 38.3. The molecule has 0 spiro atoms. The minimum Gasteiger partial charge on any atom is -0.348 e. The van der Waals surface area contributed by atoms with Crippen molar-refractivity contribution in [1.82, 2.24) is 9.88 Å². The number of carbonyl (C=O) groups is 2. The lowest BCUT2D eigenvalue weighted by Crippen LogP contribution is -2.30. The molecule has 2 N–H and O–H groups in total. The van der Waals surface area contributed by atoms with Gasteiger partial charge in [0.1, 0.15) is 12.4 Å². The molecule has 33 heavy (non-hydrogen) atoms. The fraction of sp³-hybridized carbons (Fsp3) is 0.0800. The number of para-hydroxylation sites is 1. The smallest absolute Gasteiger partial charge is 0.252 e. The van der Waals surface area contributed by atoms with Gasteiger partial charge in [-0.2, -0.15) is 0 Å². The molecule has 3 aromatic carbocycles. The van der Waals surface area contributed by atoms with Crippen LogP contribution in [-0.2, 0) is 17.9 Å². The molecule has 0 aliphatic carbocycles. The minimum absolute atomic E-state index is 0.124. The van der Waals surface area contributed by atoms with Gasteiger partial charge in [0.15, 0.2) is 0 Å². The highest BCUT2D eigenvalue weighted by Crippen LogP contribution is 2.20. The summed E-state index contributed by atoms with van der Waals surface area (Å²) < 4.78 is 14.6. The van der Waals surface area contributed by atoms with E-state index >= 15 is 0 Å². The van der Waals surface area contributed by atoms with E-state index in [0.29, 0.717) is 23.1 Å². The number of benzene rings is 3. The quantitative estimate of drug-likeness (QED) is 0.446. The Morgan fingerprint density at radius 2 is 1.67 bits per heavy atom. The molecule has 0 aliphatic rings. The zero-order valence-electron chi connectivity index (χ0n) is 17.3. The van der Waals surface area contributed by atoms with Gasteiger partial charge >= 0.3 is 0 Å². The van der Waals surface area contributed by atoms with E-state index in [1.807, 2.05) is 30.3 Å². The van der Waals surface area contributed by atoms with Crippen molar-refractivity contribution in [3.63, 3.8) is 0 Å². The number of nitrogens with one attached hydrogen (secondary N) is 2. The highest BCUT2D eigenvalue weighted by Gasteiger charge is 2.16. The molecule has 0 saturated heterocycles. The Bertz CT molecular complexity index is 1400. The second-order valence-electron chi connectivity index (χ2n) is 7.34. The normalized spacial score (nSPS) is 10.7. The first kappa shape index (κ1) is 22.2. The molecular formula is C25H19ClFN3O3. The fourth-order valence-electron chi connectivity index (χ4n) is 3.48. The summed E-state index contributed by atoms with van der Waals surface area (Å²) in [6, 6.07) is 21.3. The van der Waals surface area contributed by atoms with Crippen LogP contribution in [0.15, 0.2) is 83.7 Å². The van der Waals surface area contributed by atoms with Gasteiger partial charge in [-0.15, -0.1) is 0 Å². The number of carbonyl (C=O) groups excluding carboxylic acids is 2. The molecule has 2 amide bonds. The third-order valence-electron chi connectivity index (χ3n) is 5.06. The van der Waals surface area contributed by atoms with Crippen molar-refractivity contribution in [2.45, 2.75) is 13.1 Å². The molecule has 0 bridgehead atoms. The van der Waals surface area contributed by atoms with Crippen molar-refractivity contribution in [1.29, 1.82) is 0 Å². The molecule has 0 saturated carbocycles. The Morgan fingerprint density at radius 3 is 2.42 bits per heavy atom. The molecule has 1 heterocycles. The summed E-state index contributed by atoms with van der Waals surface area (Å²) in [5, 5.41) is 5.84. The number of halogens is 2. The van der Waals surface area contributed by atoms with E-state index in [1.165, 1.54) is 22.8 Å². The average Bonchev–Trinajstić information content (AvgIpc) is 2.82. The first-order valence-electron chi connectivity index (χ1n) is 10.1. The van der Waals surface area contributed by atoms with Crippen LogP contribution in [0.4, 0.5) is 10.1 Å². The molecule has 0 unspecified atom stereocenters. The standard InChI is InChI=1S/C25H19ClFN3O3/c26-20-12-17(10-11-21(20)27)29-23(31)15-30-22-9-5-4-8-18(22)19(13-24(30)32)25(33)28-14-16-6-2-1-3-7-16/h1-13H,14-15H2,(H,28,33)(H,29,31). The van der Waals surface area contributed by atoms with Gasteiger partial charge in [-0.25, -0.2) is 4.39 Å². The van der Waals surface area contributed by atoms with E-state index in [1.54, 1.807) is 24.3 Å². The van der Waals surface area contributed by atoms with Crippen LogP contribution in [0.1, 0.15) is 15.9 Å². The Kier molecular flexibility index (Phi) is 6.51. The minimum atomic E-state index is -0.599. The maximum absolute atomic E-state index is 13.3. The van der Waals surface area contributed by atoms with E-state index < -0.39 is 17.3 Å². The summed E-state index contributed by atoms with van der Waals surface area (Å²) in [6.07, 6.45) is 0. The lowest BCUT2D eigenvalue weighted by Gasteiger charge is -2.14. The van der Waals surface area contributed by atoms with Gasteiger partial charge in [0.2, 0.25) is 5.91 Å². The SMILES string of the molecule is O=C(Cn1c(=O)cc(C(=O)NCc2ccccc2)c2ccccc21)Nc1ccc(F)c(Cl)c1. The first-order valence-corrected chi connectivity index (χ1v) is 10.5. The van der Waals surface area contributed by atoms with Crippen molar-refractivity contribution in [3.8, 4) is 0 Å². The van der Waals surface area contributed by atoms with Crippen molar-refractivity contribution < 1.29 is 14.0 Å². The first-order chi connectivity index (χ1) is 15.9. The number of hydrogen-bond acceptors (Lipinski definition) is 3. The zero-order chi connectivity index (χ0) is 23.4. The van der Waals surface area contributed by atoms with Crippen LogP contribution >= 0.6 is 11.6 Å². The predicted molar refractivity (Wildman–Crippen MR) is 126 cm³/mol. The Hall–Kier alpha value is -3.97. The molecule has 1 aromatic heterocycles. The highest BCUT2D eigenvalue weighted by atomic mass is 35.5. The summed E-state index contributed by atoms with van der Waals surface area (Å²) in [5.74, 6) is -1.48. The molecule has 0 fully saturated rings. The van der Waals surface area contributed by atoms with Gasteiger partial charge in [0.05, 0.1) is 16.1 Å². The second-order valence-corrected chi connectivity index (χ2v) is 7.75. The fourth-order valence-corrected chi connectivity index (χ4v) is 3.66. The monoisotopic (exact) mass is 463 g/mol. The number of nitrogens with zero attached hydrogens (tertiary/aromatic N) is 1. The highest BCUT2D eigenvalue weighted by molar-refractivity contribution is 6.31. The average molecular weight is 464 g/mol. The van der Waals surface area contributed by atoms with Crippen LogP contribution in [-0.4, -0.2) is 16.4 Å². The van der Waals surface area contributed by atoms with Crippen LogP contribution < -0.4 is 16.2 Å². The van der Waals surface area contributed by atoms with Crippen LogP contribution in [0.5, 0.6) is 0 Å². The van der Waals surface area contributed by atoms with Crippen LogP contribution in [0.25, 0.3) is 10.9 Å². The number of hydrogen-bond donors (Lipinski definition) is 2.